The van der Waals surface area contributed by atoms with Gasteiger partial charge in [-0.1, -0.05) is 24.3 Å². The van der Waals surface area contributed by atoms with Gasteiger partial charge in [-0.05, 0) is 24.8 Å². The second kappa shape index (κ2) is 2.56. The zero-order valence-electron chi connectivity index (χ0n) is 6.89. The first kappa shape index (κ1) is 7.74. The molecule has 0 saturated carbocycles. The highest BCUT2D eigenvalue weighted by Gasteiger charge is 2.31. The van der Waals surface area contributed by atoms with Gasteiger partial charge in [0.25, 0.3) is 0 Å². The summed E-state index contributed by atoms with van der Waals surface area (Å²) in [4.78, 5) is 0. The molecule has 0 radical (unpaired) electrons. The van der Waals surface area contributed by atoms with Gasteiger partial charge in [0.05, 0.1) is 0 Å². The normalized spacial score (nSPS) is 28.2. The molecular formula is C10H12FN. The second-order valence-electron chi connectivity index (χ2n) is 3.37. The highest BCUT2D eigenvalue weighted by atomic mass is 19.1. The maximum absolute atomic E-state index is 13.6. The van der Waals surface area contributed by atoms with Crippen molar-refractivity contribution in [2.45, 2.75) is 25.1 Å². The van der Waals surface area contributed by atoms with Gasteiger partial charge >= 0.3 is 0 Å². The predicted octanol–water partition coefficient (Wildman–Crippen LogP) is 2.10. The lowest BCUT2D eigenvalue weighted by atomic mass is 9.86. The Hall–Kier alpha value is -0.890. The number of fused-ring (bicyclic) bond motifs is 1. The molecule has 0 bridgehead atoms. The summed E-state index contributed by atoms with van der Waals surface area (Å²) in [5, 5.41) is 0. The maximum Gasteiger partial charge on any atom is 0.185 e. The fourth-order valence-electron chi connectivity index (χ4n) is 1.81. The summed E-state index contributed by atoms with van der Waals surface area (Å²) in [5.74, 6) is -1.59. The van der Waals surface area contributed by atoms with E-state index >= 15 is 0 Å². The second-order valence-corrected chi connectivity index (χ2v) is 3.37. The van der Waals surface area contributed by atoms with Crippen LogP contribution in [-0.2, 0) is 12.2 Å². The average Bonchev–Trinajstić information content (AvgIpc) is 2.04. The van der Waals surface area contributed by atoms with Crippen LogP contribution in [0, 0.1) is 0 Å². The molecule has 1 aromatic carbocycles. The molecular weight excluding hydrogens is 153 g/mol. The number of halogens is 1. The van der Waals surface area contributed by atoms with Gasteiger partial charge in [0.15, 0.2) is 5.79 Å². The highest BCUT2D eigenvalue weighted by molar-refractivity contribution is 5.33. The summed E-state index contributed by atoms with van der Waals surface area (Å²) in [6, 6.07) is 7.51. The monoisotopic (exact) mass is 165 g/mol. The van der Waals surface area contributed by atoms with Gasteiger partial charge < -0.3 is 0 Å². The largest absolute Gasteiger partial charge is 0.295 e. The molecule has 0 heterocycles. The molecule has 0 spiro atoms. The Morgan fingerprint density at radius 3 is 2.83 bits per heavy atom. The van der Waals surface area contributed by atoms with Crippen molar-refractivity contribution in [2.75, 3.05) is 0 Å². The zero-order chi connectivity index (χ0) is 8.60. The molecule has 1 unspecified atom stereocenters. The van der Waals surface area contributed by atoms with E-state index in [1.807, 2.05) is 18.2 Å². The molecule has 1 atom stereocenters. The van der Waals surface area contributed by atoms with E-state index in [1.54, 1.807) is 6.07 Å². The third kappa shape index (κ3) is 1.12. The summed E-state index contributed by atoms with van der Waals surface area (Å²) in [6.07, 6.45) is 2.26. The van der Waals surface area contributed by atoms with Crippen molar-refractivity contribution in [2.24, 2.45) is 5.73 Å². The van der Waals surface area contributed by atoms with Crippen LogP contribution in [0.15, 0.2) is 24.3 Å². The number of alkyl halides is 1. The Bertz CT molecular complexity index is 294. The van der Waals surface area contributed by atoms with E-state index in [0.29, 0.717) is 12.0 Å². The van der Waals surface area contributed by atoms with E-state index in [4.69, 9.17) is 5.73 Å². The van der Waals surface area contributed by atoms with E-state index in [-0.39, 0.29) is 0 Å². The van der Waals surface area contributed by atoms with Crippen molar-refractivity contribution in [1.82, 2.24) is 0 Å². The third-order valence-electron chi connectivity index (χ3n) is 2.45. The van der Waals surface area contributed by atoms with Gasteiger partial charge in [0, 0.05) is 5.56 Å². The number of nitrogens with two attached hydrogens (primary N) is 1. The Kier molecular flexibility index (Phi) is 1.65. The molecule has 2 heteroatoms. The van der Waals surface area contributed by atoms with E-state index in [9.17, 15) is 4.39 Å². The van der Waals surface area contributed by atoms with Gasteiger partial charge in [0.1, 0.15) is 0 Å². The lowest BCUT2D eigenvalue weighted by molar-refractivity contribution is 0.145. The Labute approximate surface area is 71.4 Å². The molecule has 1 aliphatic rings. The molecule has 12 heavy (non-hydrogen) atoms. The van der Waals surface area contributed by atoms with Crippen LogP contribution in [0.4, 0.5) is 4.39 Å². The van der Waals surface area contributed by atoms with Crippen LogP contribution in [-0.4, -0.2) is 0 Å². The van der Waals surface area contributed by atoms with Gasteiger partial charge in [-0.3, -0.25) is 5.73 Å². The van der Waals surface area contributed by atoms with Crippen molar-refractivity contribution in [3.63, 3.8) is 0 Å². The average molecular weight is 165 g/mol. The number of benzene rings is 1. The topological polar surface area (TPSA) is 26.0 Å². The summed E-state index contributed by atoms with van der Waals surface area (Å²) < 4.78 is 13.6. The predicted molar refractivity (Wildman–Crippen MR) is 46.4 cm³/mol. The number of hydrogen-bond donors (Lipinski definition) is 1. The first-order chi connectivity index (χ1) is 5.70. The van der Waals surface area contributed by atoms with Crippen molar-refractivity contribution < 1.29 is 4.39 Å². The SMILES string of the molecule is NC1(F)CCCc2ccccc21. The van der Waals surface area contributed by atoms with Crippen LogP contribution in [0.3, 0.4) is 0 Å². The summed E-state index contributed by atoms with van der Waals surface area (Å²) in [6.45, 7) is 0. The molecule has 0 fully saturated rings. The number of aryl methyl sites for hydroxylation is 1. The van der Waals surface area contributed by atoms with E-state index in [1.165, 1.54) is 0 Å². The first-order valence-electron chi connectivity index (χ1n) is 4.26. The molecule has 1 nitrogen and oxygen atoms in total. The van der Waals surface area contributed by atoms with Gasteiger partial charge in [-0.15, -0.1) is 0 Å². The van der Waals surface area contributed by atoms with Crippen LogP contribution in [0.5, 0.6) is 0 Å². The summed E-state index contributed by atoms with van der Waals surface area (Å²) in [5.41, 5.74) is 7.26. The van der Waals surface area contributed by atoms with E-state index < -0.39 is 5.79 Å². The zero-order valence-corrected chi connectivity index (χ0v) is 6.89. The lowest BCUT2D eigenvalue weighted by Gasteiger charge is -2.27. The van der Waals surface area contributed by atoms with Crippen LogP contribution in [0.2, 0.25) is 0 Å². The fraction of sp³-hybridized carbons (Fsp3) is 0.400. The smallest absolute Gasteiger partial charge is 0.185 e. The minimum absolute atomic E-state index is 0.448. The van der Waals surface area contributed by atoms with Gasteiger partial charge in [-0.25, -0.2) is 4.39 Å². The molecule has 64 valence electrons. The van der Waals surface area contributed by atoms with Crippen LogP contribution < -0.4 is 5.73 Å². The van der Waals surface area contributed by atoms with E-state index in [2.05, 4.69) is 0 Å². The molecule has 0 aromatic heterocycles. The van der Waals surface area contributed by atoms with Crippen molar-refractivity contribution in [3.8, 4) is 0 Å². The number of rotatable bonds is 0. The highest BCUT2D eigenvalue weighted by Crippen LogP contribution is 2.33. The van der Waals surface area contributed by atoms with E-state index in [0.717, 1.165) is 18.4 Å². The molecule has 1 aliphatic carbocycles. The van der Waals surface area contributed by atoms with Crippen molar-refractivity contribution in [3.05, 3.63) is 35.4 Å². The fourth-order valence-corrected chi connectivity index (χ4v) is 1.81. The molecule has 0 amide bonds. The van der Waals surface area contributed by atoms with Crippen LogP contribution in [0.25, 0.3) is 0 Å². The van der Waals surface area contributed by atoms with Crippen molar-refractivity contribution in [1.29, 1.82) is 0 Å². The lowest BCUT2D eigenvalue weighted by Crippen LogP contribution is -2.35. The molecule has 1 aromatic rings. The first-order valence-corrected chi connectivity index (χ1v) is 4.26. The van der Waals surface area contributed by atoms with Crippen molar-refractivity contribution >= 4 is 0 Å². The number of hydrogen-bond acceptors (Lipinski definition) is 1. The van der Waals surface area contributed by atoms with Gasteiger partial charge in [-0.2, -0.15) is 0 Å². The van der Waals surface area contributed by atoms with Gasteiger partial charge in [0.2, 0.25) is 0 Å². The standard InChI is InChI=1S/C10H12FN/c11-10(12)7-3-5-8-4-1-2-6-9(8)10/h1-2,4,6H,3,5,7,12H2. The molecule has 0 aliphatic heterocycles. The molecule has 2 N–H and O–H groups in total. The van der Waals surface area contributed by atoms with Crippen LogP contribution in [0.1, 0.15) is 24.0 Å². The summed E-state index contributed by atoms with van der Waals surface area (Å²) in [7, 11) is 0. The molecule has 0 saturated heterocycles. The molecule has 2 rings (SSSR count). The Balaban J connectivity index is 2.52. The maximum atomic E-state index is 13.6. The summed E-state index contributed by atoms with van der Waals surface area (Å²) >= 11 is 0. The minimum Gasteiger partial charge on any atom is -0.295 e. The Morgan fingerprint density at radius 1 is 1.33 bits per heavy atom. The minimum atomic E-state index is -1.59. The quantitative estimate of drug-likeness (QED) is 0.585. The Morgan fingerprint density at radius 2 is 2.08 bits per heavy atom. The van der Waals surface area contributed by atoms with Crippen LogP contribution >= 0.6 is 0 Å². The third-order valence-corrected chi connectivity index (χ3v) is 2.45.